The van der Waals surface area contributed by atoms with Gasteiger partial charge in [0.1, 0.15) is 11.9 Å². The molecule has 3 aliphatic rings. The number of carbonyl (C=O) groups excluding carboxylic acids is 2. The van der Waals surface area contributed by atoms with Crippen LogP contribution in [-0.4, -0.2) is 34.2 Å². The van der Waals surface area contributed by atoms with E-state index in [0.717, 1.165) is 5.56 Å². The van der Waals surface area contributed by atoms with E-state index in [9.17, 15) is 19.8 Å². The number of hydrogen-bond donors (Lipinski definition) is 2. The van der Waals surface area contributed by atoms with Crippen molar-refractivity contribution in [2.75, 3.05) is 0 Å². The summed E-state index contributed by atoms with van der Waals surface area (Å²) in [6.07, 6.45) is 2.39. The predicted molar refractivity (Wildman–Crippen MR) is 86.2 cm³/mol. The van der Waals surface area contributed by atoms with E-state index in [1.165, 1.54) is 6.26 Å². The summed E-state index contributed by atoms with van der Waals surface area (Å²) >= 11 is 0. The molecule has 6 heteroatoms. The lowest BCUT2D eigenvalue weighted by atomic mass is 9.45. The number of fused-ring (bicyclic) bond motifs is 2. The van der Waals surface area contributed by atoms with Gasteiger partial charge in [-0.25, -0.2) is 0 Å². The third-order valence-electron chi connectivity index (χ3n) is 7.09. The van der Waals surface area contributed by atoms with Crippen molar-refractivity contribution in [3.8, 4) is 0 Å². The minimum atomic E-state index is -1.01. The molecular formula is C19H24O6. The molecule has 1 spiro atoms. The van der Waals surface area contributed by atoms with Crippen LogP contribution < -0.4 is 0 Å². The van der Waals surface area contributed by atoms with Crippen molar-refractivity contribution in [2.45, 2.75) is 57.8 Å². The molecule has 136 valence electrons. The third-order valence-corrected chi connectivity index (χ3v) is 7.09. The Morgan fingerprint density at radius 1 is 1.24 bits per heavy atom. The number of carbonyl (C=O) groups is 2. The molecule has 1 saturated heterocycles. The summed E-state index contributed by atoms with van der Waals surface area (Å²) in [5.41, 5.74) is -0.979. The van der Waals surface area contributed by atoms with Gasteiger partial charge >= 0.3 is 5.97 Å². The number of hydrogen-bond acceptors (Lipinski definition) is 6. The van der Waals surface area contributed by atoms with Crippen molar-refractivity contribution in [3.63, 3.8) is 0 Å². The molecule has 0 radical (unpaired) electrons. The van der Waals surface area contributed by atoms with E-state index in [2.05, 4.69) is 0 Å². The molecule has 1 aromatic heterocycles. The topological polar surface area (TPSA) is 97.0 Å². The second-order valence-electron chi connectivity index (χ2n) is 8.21. The highest BCUT2D eigenvalue weighted by Gasteiger charge is 2.68. The Hall–Kier alpha value is -1.66. The van der Waals surface area contributed by atoms with Gasteiger partial charge in [0.15, 0.2) is 0 Å². The maximum Gasteiger partial charge on any atom is 0.313 e. The third kappa shape index (κ3) is 2.10. The summed E-state index contributed by atoms with van der Waals surface area (Å²) < 4.78 is 10.8. The molecule has 4 rings (SSSR count). The predicted octanol–water partition coefficient (Wildman–Crippen LogP) is 2.00. The van der Waals surface area contributed by atoms with Crippen molar-refractivity contribution in [1.82, 2.24) is 0 Å². The Bertz CT molecular complexity index is 697. The molecule has 2 aliphatic carbocycles. The van der Waals surface area contributed by atoms with E-state index >= 15 is 0 Å². The van der Waals surface area contributed by atoms with Gasteiger partial charge in [-0.2, -0.15) is 0 Å². The van der Waals surface area contributed by atoms with Crippen LogP contribution in [0.2, 0.25) is 0 Å². The van der Waals surface area contributed by atoms with Crippen LogP contribution in [0.4, 0.5) is 0 Å². The van der Waals surface area contributed by atoms with Gasteiger partial charge in [-0.05, 0) is 24.8 Å². The zero-order valence-corrected chi connectivity index (χ0v) is 14.5. The van der Waals surface area contributed by atoms with E-state index < -0.39 is 35.1 Å². The average molecular weight is 348 g/mol. The van der Waals surface area contributed by atoms with Crippen LogP contribution >= 0.6 is 0 Å². The highest BCUT2D eigenvalue weighted by atomic mass is 16.6. The first-order valence-electron chi connectivity index (χ1n) is 8.92. The fourth-order valence-electron chi connectivity index (χ4n) is 5.61. The number of aliphatic hydroxyl groups is 2. The first kappa shape index (κ1) is 16.8. The van der Waals surface area contributed by atoms with Crippen LogP contribution in [-0.2, 0) is 14.3 Å². The molecule has 0 bridgehead atoms. The van der Waals surface area contributed by atoms with Gasteiger partial charge in [0.25, 0.3) is 0 Å². The maximum absolute atomic E-state index is 13.0. The average Bonchev–Trinajstić information content (AvgIpc) is 3.20. The largest absolute Gasteiger partial charge is 0.472 e. The zero-order chi connectivity index (χ0) is 18.0. The summed E-state index contributed by atoms with van der Waals surface area (Å²) in [5, 5.41) is 20.8. The number of esters is 1. The van der Waals surface area contributed by atoms with Gasteiger partial charge in [-0.15, -0.1) is 0 Å². The summed E-state index contributed by atoms with van der Waals surface area (Å²) in [4.78, 5) is 25.8. The zero-order valence-electron chi connectivity index (χ0n) is 14.5. The standard InChI is InChI=1S/C19H24O6/c1-10-13(21)7-18(2)15(4-3-12(20)16(18)22)19(10)8-14(25-17(19)23)11-5-6-24-9-11/h5-6,9-10,12,14-16,20,22H,3-4,7-8H2,1-2H3/t10-,12+,14-,15+,16-,18+,19-/m1/s1. The number of ether oxygens (including phenoxy) is 1. The summed E-state index contributed by atoms with van der Waals surface area (Å²) in [6, 6.07) is 1.77. The monoisotopic (exact) mass is 348 g/mol. The van der Waals surface area contributed by atoms with Crippen LogP contribution in [0.5, 0.6) is 0 Å². The lowest BCUT2D eigenvalue weighted by Crippen LogP contribution is -2.63. The second-order valence-corrected chi connectivity index (χ2v) is 8.21. The van der Waals surface area contributed by atoms with Gasteiger partial charge in [0.2, 0.25) is 0 Å². The minimum Gasteiger partial charge on any atom is -0.472 e. The second kappa shape index (κ2) is 5.42. The molecule has 1 aromatic rings. The minimum absolute atomic E-state index is 0.0447. The van der Waals surface area contributed by atoms with Crippen molar-refractivity contribution < 1.29 is 29.0 Å². The highest BCUT2D eigenvalue weighted by Crippen LogP contribution is 2.64. The number of furan rings is 1. The molecule has 0 unspecified atom stereocenters. The number of Topliss-reactive ketones (excluding diaryl/α,β-unsaturated/α-hetero) is 1. The molecule has 0 aromatic carbocycles. The van der Waals surface area contributed by atoms with Gasteiger partial charge in [-0.3, -0.25) is 9.59 Å². The molecule has 0 amide bonds. The van der Waals surface area contributed by atoms with Gasteiger partial charge in [0.05, 0.1) is 30.1 Å². The van der Waals surface area contributed by atoms with Crippen LogP contribution in [0.3, 0.4) is 0 Å². The van der Waals surface area contributed by atoms with Gasteiger partial charge in [0, 0.05) is 29.7 Å². The molecule has 1 aliphatic heterocycles. The molecule has 25 heavy (non-hydrogen) atoms. The van der Waals surface area contributed by atoms with Crippen molar-refractivity contribution in [1.29, 1.82) is 0 Å². The summed E-state index contributed by atoms with van der Waals surface area (Å²) in [5.74, 6) is -1.07. The fourth-order valence-corrected chi connectivity index (χ4v) is 5.61. The summed E-state index contributed by atoms with van der Waals surface area (Å²) in [6.45, 7) is 3.63. The van der Waals surface area contributed by atoms with Crippen molar-refractivity contribution in [3.05, 3.63) is 24.2 Å². The lowest BCUT2D eigenvalue weighted by molar-refractivity contribution is -0.194. The Balaban J connectivity index is 1.78. The molecule has 7 atom stereocenters. The van der Waals surface area contributed by atoms with E-state index in [1.54, 1.807) is 19.3 Å². The fraction of sp³-hybridized carbons (Fsp3) is 0.684. The molecule has 2 saturated carbocycles. The molecule has 2 N–H and O–H groups in total. The highest BCUT2D eigenvalue weighted by molar-refractivity contribution is 5.92. The maximum atomic E-state index is 13.0. The first-order valence-corrected chi connectivity index (χ1v) is 8.92. The van der Waals surface area contributed by atoms with Crippen LogP contribution in [0.1, 0.15) is 51.2 Å². The van der Waals surface area contributed by atoms with Gasteiger partial charge < -0.3 is 19.4 Å². The van der Waals surface area contributed by atoms with E-state index in [0.29, 0.717) is 19.3 Å². The first-order chi connectivity index (χ1) is 11.8. The number of aliphatic hydroxyl groups excluding tert-OH is 2. The van der Waals surface area contributed by atoms with Crippen molar-refractivity contribution in [2.24, 2.45) is 22.7 Å². The SMILES string of the molecule is C[C@@H]1C(=O)C[C@]2(C)[C@H](O)[C@@H](O)CC[C@@H]2[C@@]12C[C@H](c1ccoc1)OC2=O. The number of ketones is 1. The Morgan fingerprint density at radius 3 is 2.68 bits per heavy atom. The quantitative estimate of drug-likeness (QED) is 0.754. The molecule has 6 nitrogen and oxygen atoms in total. The van der Waals surface area contributed by atoms with Gasteiger partial charge in [-0.1, -0.05) is 13.8 Å². The molecule has 3 fully saturated rings. The smallest absolute Gasteiger partial charge is 0.313 e. The number of rotatable bonds is 1. The Kier molecular flexibility index (Phi) is 3.64. The normalized spacial score (nSPS) is 47.0. The van der Waals surface area contributed by atoms with Crippen LogP contribution in [0.15, 0.2) is 23.0 Å². The van der Waals surface area contributed by atoms with Crippen molar-refractivity contribution >= 4 is 11.8 Å². The van der Waals surface area contributed by atoms with Crippen LogP contribution in [0.25, 0.3) is 0 Å². The molecule has 2 heterocycles. The Labute approximate surface area is 146 Å². The van der Waals surface area contributed by atoms with E-state index in [4.69, 9.17) is 9.15 Å². The van der Waals surface area contributed by atoms with E-state index in [-0.39, 0.29) is 24.1 Å². The summed E-state index contributed by atoms with van der Waals surface area (Å²) in [7, 11) is 0. The lowest BCUT2D eigenvalue weighted by Gasteiger charge is -2.57. The van der Waals surface area contributed by atoms with Crippen LogP contribution in [0, 0.1) is 22.7 Å². The molecular weight excluding hydrogens is 324 g/mol. The Morgan fingerprint density at radius 2 is 2.00 bits per heavy atom. The number of cyclic esters (lactones) is 1. The van der Waals surface area contributed by atoms with E-state index in [1.807, 2.05) is 6.92 Å².